The molecule has 0 aromatic heterocycles. The minimum atomic E-state index is 0.880. The van der Waals surface area contributed by atoms with Crippen LogP contribution in [0.15, 0.2) is 47.6 Å². The average Bonchev–Trinajstić information content (AvgIpc) is 2.51. The van der Waals surface area contributed by atoms with E-state index in [1.807, 2.05) is 32.1 Å². The lowest BCUT2D eigenvalue weighted by Gasteiger charge is -2.13. The Labute approximate surface area is 139 Å². The summed E-state index contributed by atoms with van der Waals surface area (Å²) in [6, 6.07) is 2.07. The van der Waals surface area contributed by atoms with E-state index in [0.29, 0.717) is 0 Å². The fourth-order valence-corrected chi connectivity index (χ4v) is 2.30. The number of methoxy groups -OCH3 is 1. The van der Waals surface area contributed by atoms with Gasteiger partial charge in [0.1, 0.15) is 5.75 Å². The zero-order valence-electron chi connectivity index (χ0n) is 14.9. The van der Waals surface area contributed by atoms with Gasteiger partial charge >= 0.3 is 0 Å². The first kappa shape index (κ1) is 18.7. The molecule has 2 heteroatoms. The van der Waals surface area contributed by atoms with Gasteiger partial charge in [-0.15, -0.1) is 0 Å². The normalized spacial score (nSPS) is 13.1. The standard InChI is InChI=1S/C21H25O2/c1-15(8-7-9-16(2)12-13-22)10-11-20-17(3)14-21(23-6)19(5)18(20)4/h7-12,14H,1-6H3. The summed E-state index contributed by atoms with van der Waals surface area (Å²) in [7, 11) is 1.70. The van der Waals surface area contributed by atoms with E-state index in [4.69, 9.17) is 4.74 Å². The average molecular weight is 309 g/mol. The van der Waals surface area contributed by atoms with Crippen LogP contribution < -0.4 is 4.74 Å². The van der Waals surface area contributed by atoms with Crippen molar-refractivity contribution >= 4 is 12.4 Å². The molecule has 0 amide bonds. The van der Waals surface area contributed by atoms with Crippen LogP contribution in [0.5, 0.6) is 5.75 Å². The summed E-state index contributed by atoms with van der Waals surface area (Å²) >= 11 is 0. The zero-order chi connectivity index (χ0) is 17.4. The van der Waals surface area contributed by atoms with Crippen molar-refractivity contribution in [2.24, 2.45) is 0 Å². The second-order valence-electron chi connectivity index (χ2n) is 5.67. The number of rotatable bonds is 6. The van der Waals surface area contributed by atoms with Crippen molar-refractivity contribution in [2.75, 3.05) is 7.11 Å². The Morgan fingerprint density at radius 3 is 2.39 bits per heavy atom. The van der Waals surface area contributed by atoms with E-state index >= 15 is 0 Å². The van der Waals surface area contributed by atoms with Gasteiger partial charge in [0.15, 0.2) is 0 Å². The van der Waals surface area contributed by atoms with Gasteiger partial charge < -0.3 is 4.74 Å². The molecule has 1 aromatic carbocycles. The van der Waals surface area contributed by atoms with E-state index < -0.39 is 0 Å². The van der Waals surface area contributed by atoms with Crippen LogP contribution in [0.4, 0.5) is 0 Å². The molecule has 0 aliphatic rings. The Hall–Kier alpha value is -2.35. The summed E-state index contributed by atoms with van der Waals surface area (Å²) in [5.41, 5.74) is 6.85. The summed E-state index contributed by atoms with van der Waals surface area (Å²) in [6.07, 6.45) is 13.3. The summed E-state index contributed by atoms with van der Waals surface area (Å²) < 4.78 is 5.41. The summed E-state index contributed by atoms with van der Waals surface area (Å²) in [5, 5.41) is 0. The van der Waals surface area contributed by atoms with Gasteiger partial charge in [0.2, 0.25) is 6.29 Å². The third-order valence-electron chi connectivity index (χ3n) is 3.85. The first-order chi connectivity index (χ1) is 10.9. The van der Waals surface area contributed by atoms with Crippen LogP contribution >= 0.6 is 0 Å². The summed E-state index contributed by atoms with van der Waals surface area (Å²) in [4.78, 5) is 10.2. The van der Waals surface area contributed by atoms with E-state index in [-0.39, 0.29) is 0 Å². The maximum atomic E-state index is 10.2. The minimum absolute atomic E-state index is 0.880. The number of hydrogen-bond acceptors (Lipinski definition) is 2. The fraction of sp³-hybridized carbons (Fsp3) is 0.286. The molecule has 0 fully saturated rings. The first-order valence-electron chi connectivity index (χ1n) is 7.63. The minimum Gasteiger partial charge on any atom is -0.496 e. The monoisotopic (exact) mass is 309 g/mol. The van der Waals surface area contributed by atoms with E-state index in [0.717, 1.165) is 16.9 Å². The highest BCUT2D eigenvalue weighted by Gasteiger charge is 2.08. The molecule has 0 bridgehead atoms. The van der Waals surface area contributed by atoms with Crippen molar-refractivity contribution < 1.29 is 9.53 Å². The van der Waals surface area contributed by atoms with Crippen LogP contribution in [0.25, 0.3) is 6.08 Å². The Bertz CT molecular complexity index is 686. The highest BCUT2D eigenvalue weighted by molar-refractivity contribution is 5.68. The number of hydrogen-bond donors (Lipinski definition) is 0. The van der Waals surface area contributed by atoms with Crippen molar-refractivity contribution in [1.82, 2.24) is 0 Å². The topological polar surface area (TPSA) is 26.3 Å². The van der Waals surface area contributed by atoms with Crippen LogP contribution in [-0.2, 0) is 4.79 Å². The van der Waals surface area contributed by atoms with Gasteiger partial charge in [0.25, 0.3) is 0 Å². The molecular formula is C21H25O2. The molecule has 0 N–H and O–H groups in total. The molecule has 1 radical (unpaired) electrons. The van der Waals surface area contributed by atoms with E-state index in [9.17, 15) is 4.79 Å². The Balaban J connectivity index is 2.99. The lowest BCUT2D eigenvalue weighted by Crippen LogP contribution is -1.95. The summed E-state index contributed by atoms with van der Waals surface area (Å²) in [6.45, 7) is 10.2. The highest BCUT2D eigenvalue weighted by Crippen LogP contribution is 2.28. The first-order valence-corrected chi connectivity index (χ1v) is 7.63. The van der Waals surface area contributed by atoms with Crippen molar-refractivity contribution in [3.63, 3.8) is 0 Å². The molecule has 1 aromatic rings. The molecule has 2 nitrogen and oxygen atoms in total. The smallest absolute Gasteiger partial charge is 0.225 e. The fourth-order valence-electron chi connectivity index (χ4n) is 2.30. The quantitative estimate of drug-likeness (QED) is 0.534. The predicted octanol–water partition coefficient (Wildman–Crippen LogP) is 5.19. The number of aryl methyl sites for hydroxylation is 1. The van der Waals surface area contributed by atoms with Crippen LogP contribution in [0.2, 0.25) is 0 Å². The molecule has 0 heterocycles. The maximum absolute atomic E-state index is 10.2. The summed E-state index contributed by atoms with van der Waals surface area (Å²) in [5.74, 6) is 0.932. The molecular weight excluding hydrogens is 284 g/mol. The number of carbonyl (C=O) groups excluding carboxylic acids is 1. The van der Waals surface area contributed by atoms with E-state index in [1.54, 1.807) is 13.4 Å². The van der Waals surface area contributed by atoms with Crippen LogP contribution in [0, 0.1) is 20.8 Å². The largest absolute Gasteiger partial charge is 0.496 e. The van der Waals surface area contributed by atoms with Crippen molar-refractivity contribution in [2.45, 2.75) is 34.6 Å². The van der Waals surface area contributed by atoms with Gasteiger partial charge in [0.05, 0.1) is 7.11 Å². The lowest BCUT2D eigenvalue weighted by molar-refractivity contribution is 0.411. The molecule has 0 saturated carbocycles. The molecule has 0 aliphatic carbocycles. The maximum Gasteiger partial charge on any atom is 0.225 e. The second kappa shape index (κ2) is 8.94. The van der Waals surface area contributed by atoms with Gasteiger partial charge in [-0.25, -0.2) is 0 Å². The molecule has 23 heavy (non-hydrogen) atoms. The third kappa shape index (κ3) is 5.41. The van der Waals surface area contributed by atoms with E-state index in [2.05, 4.69) is 39.0 Å². The Morgan fingerprint density at radius 1 is 1.09 bits per heavy atom. The van der Waals surface area contributed by atoms with Crippen molar-refractivity contribution in [1.29, 1.82) is 0 Å². The van der Waals surface area contributed by atoms with Crippen molar-refractivity contribution in [3.05, 3.63) is 69.8 Å². The SMILES string of the molecule is COc1cc(C)c(C=CC(C)=CC=CC(C)=C[C]=O)c(C)c1C. The molecule has 0 saturated heterocycles. The second-order valence-corrected chi connectivity index (χ2v) is 5.67. The molecule has 1 rings (SSSR count). The van der Waals surface area contributed by atoms with E-state index in [1.165, 1.54) is 28.3 Å². The third-order valence-corrected chi connectivity index (χ3v) is 3.85. The lowest BCUT2D eigenvalue weighted by atomic mass is 9.96. The van der Waals surface area contributed by atoms with Crippen LogP contribution in [0.1, 0.15) is 36.1 Å². The van der Waals surface area contributed by atoms with Gasteiger partial charge in [-0.05, 0) is 74.6 Å². The Morgan fingerprint density at radius 2 is 1.78 bits per heavy atom. The number of benzene rings is 1. The Kier molecular flexibility index (Phi) is 7.27. The van der Waals surface area contributed by atoms with Gasteiger partial charge in [0, 0.05) is 0 Å². The van der Waals surface area contributed by atoms with Crippen molar-refractivity contribution in [3.8, 4) is 5.75 Å². The van der Waals surface area contributed by atoms with Crippen LogP contribution in [0.3, 0.4) is 0 Å². The highest BCUT2D eigenvalue weighted by atomic mass is 16.5. The predicted molar refractivity (Wildman–Crippen MR) is 98.6 cm³/mol. The molecule has 0 aliphatic heterocycles. The van der Waals surface area contributed by atoms with Crippen LogP contribution in [-0.4, -0.2) is 13.4 Å². The molecule has 0 spiro atoms. The number of allylic oxidation sites excluding steroid dienone is 7. The molecule has 0 unspecified atom stereocenters. The van der Waals surface area contributed by atoms with Gasteiger partial charge in [-0.2, -0.15) is 0 Å². The molecule has 121 valence electrons. The number of ether oxygens (including phenoxy) is 1. The van der Waals surface area contributed by atoms with Gasteiger partial charge in [-0.1, -0.05) is 36.0 Å². The van der Waals surface area contributed by atoms with Gasteiger partial charge in [-0.3, -0.25) is 4.79 Å². The molecule has 0 atom stereocenters. The zero-order valence-corrected chi connectivity index (χ0v) is 14.9.